The summed E-state index contributed by atoms with van der Waals surface area (Å²) in [5.74, 6) is 1.91. The van der Waals surface area contributed by atoms with Crippen LogP contribution in [-0.4, -0.2) is 37.7 Å². The van der Waals surface area contributed by atoms with Gasteiger partial charge in [0.15, 0.2) is 0 Å². The third-order valence-corrected chi connectivity index (χ3v) is 2.68. The smallest absolute Gasteiger partial charge is 0.0541 e. The van der Waals surface area contributed by atoms with Crippen molar-refractivity contribution < 1.29 is 4.74 Å². The highest BCUT2D eigenvalue weighted by molar-refractivity contribution is 8.32. The molecule has 0 aromatic carbocycles. The first-order chi connectivity index (χ1) is 4.92. The lowest BCUT2D eigenvalue weighted by Gasteiger charge is -2.24. The Balaban J connectivity index is 3.15. The van der Waals surface area contributed by atoms with Crippen molar-refractivity contribution in [2.75, 3.05) is 37.7 Å². The van der Waals surface area contributed by atoms with Crippen molar-refractivity contribution in [2.45, 2.75) is 13.8 Å². The van der Waals surface area contributed by atoms with Gasteiger partial charge in [-0.1, -0.05) is 13.8 Å². The monoisotopic (exact) mass is 178 g/mol. The van der Waals surface area contributed by atoms with Crippen LogP contribution in [0.1, 0.15) is 13.8 Å². The minimum atomic E-state index is -0.347. The van der Waals surface area contributed by atoms with Gasteiger partial charge in [0.2, 0.25) is 0 Å². The molecule has 0 aliphatic rings. The highest BCUT2D eigenvalue weighted by Gasteiger charge is 2.03. The van der Waals surface area contributed by atoms with Crippen LogP contribution in [0.5, 0.6) is 0 Å². The van der Waals surface area contributed by atoms with Crippen LogP contribution in [0.2, 0.25) is 0 Å². The summed E-state index contributed by atoms with van der Waals surface area (Å²) in [5, 5.41) is 0. The largest absolute Gasteiger partial charge is 0.380 e. The molecule has 0 saturated carbocycles. The maximum absolute atomic E-state index is 5.49. The van der Waals surface area contributed by atoms with E-state index in [1.807, 2.05) is 0 Å². The van der Waals surface area contributed by atoms with E-state index in [2.05, 4.69) is 32.6 Å². The van der Waals surface area contributed by atoms with Crippen molar-refractivity contribution in [2.24, 2.45) is 5.92 Å². The van der Waals surface area contributed by atoms with Gasteiger partial charge in [-0.2, -0.15) is 0 Å². The van der Waals surface area contributed by atoms with Crippen molar-refractivity contribution in [3.63, 3.8) is 0 Å². The van der Waals surface area contributed by atoms with Crippen molar-refractivity contribution in [1.29, 1.82) is 0 Å². The molecule has 0 atom stereocenters. The summed E-state index contributed by atoms with van der Waals surface area (Å²) in [6.45, 7) is 6.22. The average Bonchev–Trinajstić information content (AvgIpc) is 1.78. The molecule has 0 aromatic rings. The van der Waals surface area contributed by atoms with Gasteiger partial charge in [0.05, 0.1) is 6.61 Å². The van der Waals surface area contributed by atoms with Gasteiger partial charge in [-0.3, -0.25) is 0 Å². The Morgan fingerprint density at radius 3 is 2.09 bits per heavy atom. The summed E-state index contributed by atoms with van der Waals surface area (Å²) in [7, 11) is -0.347. The molecule has 0 bridgehead atoms. The van der Waals surface area contributed by atoms with Crippen LogP contribution in [0.15, 0.2) is 0 Å². The molecule has 0 fully saturated rings. The molecule has 0 heterocycles. The molecule has 0 unspecified atom stereocenters. The lowest BCUT2D eigenvalue weighted by molar-refractivity contribution is 0.123. The first-order valence-corrected chi connectivity index (χ1v) is 7.18. The van der Waals surface area contributed by atoms with Gasteiger partial charge in [-0.05, 0) is 24.7 Å². The lowest BCUT2D eigenvalue weighted by atomic mass is 10.2. The SMILES string of the molecule is CC(C)COCCS(C)(C)C. The molecule has 11 heavy (non-hydrogen) atoms. The molecule has 0 rings (SSSR count). The number of hydrogen-bond acceptors (Lipinski definition) is 1. The zero-order valence-electron chi connectivity index (χ0n) is 8.52. The fraction of sp³-hybridized carbons (Fsp3) is 1.00. The molecule has 0 amide bonds. The van der Waals surface area contributed by atoms with E-state index >= 15 is 0 Å². The Hall–Kier alpha value is 0.310. The van der Waals surface area contributed by atoms with E-state index in [0.29, 0.717) is 5.92 Å². The fourth-order valence-corrected chi connectivity index (χ4v) is 1.25. The van der Waals surface area contributed by atoms with Crippen LogP contribution in [0, 0.1) is 5.92 Å². The zero-order valence-corrected chi connectivity index (χ0v) is 9.33. The topological polar surface area (TPSA) is 9.23 Å². The summed E-state index contributed by atoms with van der Waals surface area (Å²) in [4.78, 5) is 0. The minimum Gasteiger partial charge on any atom is -0.380 e. The van der Waals surface area contributed by atoms with Crippen molar-refractivity contribution in [3.05, 3.63) is 0 Å². The summed E-state index contributed by atoms with van der Waals surface area (Å²) in [5.41, 5.74) is 0. The van der Waals surface area contributed by atoms with E-state index in [-0.39, 0.29) is 10.0 Å². The molecule has 0 aliphatic heterocycles. The van der Waals surface area contributed by atoms with Crippen molar-refractivity contribution in [3.8, 4) is 0 Å². The average molecular weight is 178 g/mol. The van der Waals surface area contributed by atoms with Crippen molar-refractivity contribution >= 4 is 10.0 Å². The van der Waals surface area contributed by atoms with Gasteiger partial charge in [-0.15, -0.1) is 0 Å². The first kappa shape index (κ1) is 11.3. The van der Waals surface area contributed by atoms with Gasteiger partial charge >= 0.3 is 0 Å². The van der Waals surface area contributed by atoms with Crippen LogP contribution >= 0.6 is 10.0 Å². The van der Waals surface area contributed by atoms with Gasteiger partial charge in [-0.25, -0.2) is 10.0 Å². The Morgan fingerprint density at radius 2 is 1.73 bits per heavy atom. The second-order valence-electron chi connectivity index (χ2n) is 4.26. The van der Waals surface area contributed by atoms with E-state index in [1.165, 1.54) is 5.75 Å². The predicted molar refractivity (Wildman–Crippen MR) is 55.9 cm³/mol. The van der Waals surface area contributed by atoms with Crippen LogP contribution in [0.25, 0.3) is 0 Å². The molecule has 70 valence electrons. The molecule has 0 aliphatic carbocycles. The summed E-state index contributed by atoms with van der Waals surface area (Å²) < 4.78 is 5.49. The quantitative estimate of drug-likeness (QED) is 0.587. The van der Waals surface area contributed by atoms with E-state index in [9.17, 15) is 0 Å². The van der Waals surface area contributed by atoms with Crippen molar-refractivity contribution in [1.82, 2.24) is 0 Å². The Labute approximate surface area is 72.8 Å². The number of ether oxygens (including phenoxy) is 1. The molecule has 0 spiro atoms. The molecular weight excluding hydrogens is 156 g/mol. The molecule has 0 N–H and O–H groups in total. The molecule has 0 saturated heterocycles. The lowest BCUT2D eigenvalue weighted by Crippen LogP contribution is -2.09. The molecule has 1 nitrogen and oxygen atoms in total. The second kappa shape index (κ2) is 5.04. The van der Waals surface area contributed by atoms with E-state index < -0.39 is 0 Å². The van der Waals surface area contributed by atoms with Gasteiger partial charge in [0.25, 0.3) is 0 Å². The van der Waals surface area contributed by atoms with Gasteiger partial charge in [0, 0.05) is 12.4 Å². The fourth-order valence-electron chi connectivity index (χ4n) is 0.628. The standard InChI is InChI=1S/C9H22OS/c1-9(2)8-10-6-7-11(3,4)5/h9H,6-8H2,1-5H3. The minimum absolute atomic E-state index is 0.347. The van der Waals surface area contributed by atoms with Crippen LogP contribution in [0.4, 0.5) is 0 Å². The third-order valence-electron chi connectivity index (χ3n) is 1.29. The zero-order chi connectivity index (χ0) is 8.91. The first-order valence-electron chi connectivity index (χ1n) is 4.15. The number of rotatable bonds is 5. The highest BCUT2D eigenvalue weighted by atomic mass is 32.3. The summed E-state index contributed by atoms with van der Waals surface area (Å²) in [6, 6.07) is 0. The normalized spacial score (nSPS) is 14.0. The maximum atomic E-state index is 5.49. The summed E-state index contributed by atoms with van der Waals surface area (Å²) in [6.07, 6.45) is 6.98. The Morgan fingerprint density at radius 1 is 1.18 bits per heavy atom. The highest BCUT2D eigenvalue weighted by Crippen LogP contribution is 2.33. The van der Waals surface area contributed by atoms with Crippen LogP contribution in [0.3, 0.4) is 0 Å². The Kier molecular flexibility index (Phi) is 5.19. The Bertz CT molecular complexity index is 94.2. The maximum Gasteiger partial charge on any atom is 0.0541 e. The van der Waals surface area contributed by atoms with Crippen LogP contribution in [-0.2, 0) is 4.74 Å². The molecule has 0 radical (unpaired) electrons. The van der Waals surface area contributed by atoms with E-state index in [4.69, 9.17) is 4.74 Å². The predicted octanol–water partition coefficient (Wildman–Crippen LogP) is 2.35. The molecular formula is C9H22OS. The van der Waals surface area contributed by atoms with Gasteiger partial charge < -0.3 is 4.74 Å². The number of hydrogen-bond donors (Lipinski definition) is 0. The third kappa shape index (κ3) is 10.3. The summed E-state index contributed by atoms with van der Waals surface area (Å²) >= 11 is 0. The molecule has 0 aromatic heterocycles. The van der Waals surface area contributed by atoms with E-state index in [0.717, 1.165) is 13.2 Å². The van der Waals surface area contributed by atoms with E-state index in [1.54, 1.807) is 0 Å². The van der Waals surface area contributed by atoms with Crippen LogP contribution < -0.4 is 0 Å². The molecule has 2 heteroatoms. The van der Waals surface area contributed by atoms with Gasteiger partial charge in [0.1, 0.15) is 0 Å². The second-order valence-corrected chi connectivity index (χ2v) is 8.85.